The number of nitrogens with zero attached hydrogens (tertiary/aromatic N) is 2. The van der Waals surface area contributed by atoms with Crippen LogP contribution < -0.4 is 9.62 Å². The highest BCUT2D eigenvalue weighted by Crippen LogP contribution is 2.33. The van der Waals surface area contributed by atoms with Gasteiger partial charge in [-0.15, -0.1) is 0 Å². The van der Waals surface area contributed by atoms with Gasteiger partial charge in [0.15, 0.2) is 0 Å². The molecule has 0 aromatic heterocycles. The summed E-state index contributed by atoms with van der Waals surface area (Å²) in [5.41, 5.74) is 0.0649. The van der Waals surface area contributed by atoms with Gasteiger partial charge in [-0.3, -0.25) is 13.9 Å². The number of amides is 2. The van der Waals surface area contributed by atoms with Crippen molar-refractivity contribution in [3.8, 4) is 0 Å². The second kappa shape index (κ2) is 11.7. The van der Waals surface area contributed by atoms with Crippen LogP contribution in [0, 0.1) is 6.92 Å². The third-order valence-electron chi connectivity index (χ3n) is 5.96. The molecule has 3 rings (SSSR count). The number of hydrogen-bond acceptors (Lipinski definition) is 4. The fourth-order valence-electron chi connectivity index (χ4n) is 3.78. The van der Waals surface area contributed by atoms with Crippen LogP contribution in [-0.2, 0) is 32.3 Å². The molecule has 7 nitrogen and oxygen atoms in total. The maximum Gasteiger partial charge on any atom is 0.416 e. The maximum atomic E-state index is 13.7. The van der Waals surface area contributed by atoms with E-state index >= 15 is 0 Å². The standard InChI is InChI=1S/C27H28F3N3O4S/c1-19-12-14-24(15-13-19)38(36,37)33(23-11-7-10-22(16-23)27(28,29)30)18-25(34)32(20(2)26(35)31-3)17-21-8-5-4-6-9-21/h4-16,20H,17-18H2,1-3H3,(H,31,35)/t20-/m0/s1. The number of sulfonamides is 1. The number of hydrogen-bond donors (Lipinski definition) is 1. The van der Waals surface area contributed by atoms with Crippen LogP contribution in [0.4, 0.5) is 18.9 Å². The summed E-state index contributed by atoms with van der Waals surface area (Å²) in [6.45, 7) is 2.40. The molecule has 0 aliphatic carbocycles. The van der Waals surface area contributed by atoms with E-state index in [0.29, 0.717) is 15.9 Å². The highest BCUT2D eigenvalue weighted by Gasteiger charge is 2.35. The first kappa shape index (κ1) is 28.7. The van der Waals surface area contributed by atoms with Gasteiger partial charge < -0.3 is 10.2 Å². The van der Waals surface area contributed by atoms with Crippen molar-refractivity contribution < 1.29 is 31.2 Å². The van der Waals surface area contributed by atoms with Crippen LogP contribution in [0.15, 0.2) is 83.8 Å². The molecule has 0 aliphatic rings. The Morgan fingerprint density at radius 3 is 2.16 bits per heavy atom. The third-order valence-corrected chi connectivity index (χ3v) is 7.75. The Labute approximate surface area is 219 Å². The molecule has 0 saturated carbocycles. The van der Waals surface area contributed by atoms with Crippen LogP contribution in [0.1, 0.15) is 23.6 Å². The van der Waals surface area contributed by atoms with Gasteiger partial charge in [0, 0.05) is 13.6 Å². The number of nitrogens with one attached hydrogen (secondary N) is 1. The van der Waals surface area contributed by atoms with E-state index in [1.807, 2.05) is 0 Å². The summed E-state index contributed by atoms with van der Waals surface area (Å²) in [4.78, 5) is 27.1. The number of carbonyl (C=O) groups is 2. The molecule has 202 valence electrons. The molecule has 0 bridgehead atoms. The van der Waals surface area contributed by atoms with E-state index in [0.717, 1.165) is 17.7 Å². The first-order valence-corrected chi connectivity index (χ1v) is 13.1. The summed E-state index contributed by atoms with van der Waals surface area (Å²) < 4.78 is 68.4. The molecule has 11 heteroatoms. The van der Waals surface area contributed by atoms with Gasteiger partial charge in [-0.05, 0) is 49.7 Å². The predicted molar refractivity (Wildman–Crippen MR) is 138 cm³/mol. The minimum atomic E-state index is -4.73. The van der Waals surface area contributed by atoms with Crippen molar-refractivity contribution in [2.45, 2.75) is 37.5 Å². The molecule has 3 aromatic carbocycles. The Bertz CT molecular complexity index is 1380. The van der Waals surface area contributed by atoms with Gasteiger partial charge in [0.2, 0.25) is 11.8 Å². The van der Waals surface area contributed by atoms with Crippen LogP contribution >= 0.6 is 0 Å². The largest absolute Gasteiger partial charge is 0.416 e. The minimum Gasteiger partial charge on any atom is -0.357 e. The SMILES string of the molecule is CNC(=O)[C@H](C)N(Cc1ccccc1)C(=O)CN(c1cccc(C(F)(F)F)c1)S(=O)(=O)c1ccc(C)cc1. The lowest BCUT2D eigenvalue weighted by molar-refractivity contribution is -0.139. The van der Waals surface area contributed by atoms with Gasteiger partial charge in [-0.25, -0.2) is 8.42 Å². The third kappa shape index (κ3) is 6.71. The van der Waals surface area contributed by atoms with Gasteiger partial charge in [-0.2, -0.15) is 13.2 Å². The lowest BCUT2D eigenvalue weighted by Crippen LogP contribution is -2.50. The second-order valence-corrected chi connectivity index (χ2v) is 10.5. The quantitative estimate of drug-likeness (QED) is 0.431. The van der Waals surface area contributed by atoms with Crippen molar-refractivity contribution in [2.75, 3.05) is 17.9 Å². The molecule has 1 atom stereocenters. The van der Waals surface area contributed by atoms with Crippen LogP contribution in [0.25, 0.3) is 0 Å². The Hall–Kier alpha value is -3.86. The molecule has 3 aromatic rings. The minimum absolute atomic E-state index is 0.0186. The van der Waals surface area contributed by atoms with Gasteiger partial charge in [-0.1, -0.05) is 54.1 Å². The Morgan fingerprint density at radius 1 is 0.947 bits per heavy atom. The number of anilines is 1. The maximum absolute atomic E-state index is 13.7. The monoisotopic (exact) mass is 547 g/mol. The van der Waals surface area contributed by atoms with E-state index in [9.17, 15) is 31.2 Å². The fourth-order valence-corrected chi connectivity index (χ4v) is 5.18. The number of benzene rings is 3. The van der Waals surface area contributed by atoms with Crippen LogP contribution in [0.3, 0.4) is 0 Å². The first-order chi connectivity index (χ1) is 17.8. The zero-order chi connectivity index (χ0) is 28.1. The molecule has 38 heavy (non-hydrogen) atoms. The van der Waals surface area contributed by atoms with Gasteiger partial charge in [0.1, 0.15) is 12.6 Å². The smallest absolute Gasteiger partial charge is 0.357 e. The van der Waals surface area contributed by atoms with Crippen LogP contribution in [-0.4, -0.2) is 44.8 Å². The van der Waals surface area contributed by atoms with Gasteiger partial charge in [0.05, 0.1) is 16.1 Å². The number of carbonyl (C=O) groups excluding carboxylic acids is 2. The highest BCUT2D eigenvalue weighted by molar-refractivity contribution is 7.92. The van der Waals surface area contributed by atoms with Crippen molar-refractivity contribution in [2.24, 2.45) is 0 Å². The van der Waals surface area contributed by atoms with Crippen molar-refractivity contribution in [1.82, 2.24) is 10.2 Å². The van der Waals surface area contributed by atoms with E-state index in [1.54, 1.807) is 49.4 Å². The molecular weight excluding hydrogens is 519 g/mol. The first-order valence-electron chi connectivity index (χ1n) is 11.7. The Morgan fingerprint density at radius 2 is 1.58 bits per heavy atom. The lowest BCUT2D eigenvalue weighted by atomic mass is 10.1. The summed E-state index contributed by atoms with van der Waals surface area (Å²) in [5, 5.41) is 2.47. The van der Waals surface area contributed by atoms with E-state index < -0.39 is 46.2 Å². The lowest BCUT2D eigenvalue weighted by Gasteiger charge is -2.32. The molecular formula is C27H28F3N3O4S. The van der Waals surface area contributed by atoms with E-state index in [1.165, 1.54) is 37.1 Å². The van der Waals surface area contributed by atoms with Crippen LogP contribution in [0.5, 0.6) is 0 Å². The van der Waals surface area contributed by atoms with Crippen molar-refractivity contribution in [3.63, 3.8) is 0 Å². The molecule has 2 amide bonds. The molecule has 0 heterocycles. The summed E-state index contributed by atoms with van der Waals surface area (Å²) in [5.74, 6) is -1.25. The van der Waals surface area contributed by atoms with Gasteiger partial charge >= 0.3 is 6.18 Å². The normalized spacial score (nSPS) is 12.5. The van der Waals surface area contributed by atoms with Crippen molar-refractivity contribution >= 4 is 27.5 Å². The van der Waals surface area contributed by atoms with E-state index in [-0.39, 0.29) is 17.1 Å². The Balaban J connectivity index is 2.09. The number of halogens is 3. The second-order valence-electron chi connectivity index (χ2n) is 8.67. The molecule has 0 spiro atoms. The molecule has 0 fully saturated rings. The molecule has 0 aliphatic heterocycles. The topological polar surface area (TPSA) is 86.8 Å². The fraction of sp³-hybridized carbons (Fsp3) is 0.259. The van der Waals surface area contributed by atoms with E-state index in [2.05, 4.69) is 5.32 Å². The summed E-state index contributed by atoms with van der Waals surface area (Å²) >= 11 is 0. The average Bonchev–Trinajstić information content (AvgIpc) is 2.89. The van der Waals surface area contributed by atoms with Crippen molar-refractivity contribution in [3.05, 3.63) is 95.6 Å². The molecule has 0 saturated heterocycles. The van der Waals surface area contributed by atoms with Crippen molar-refractivity contribution in [1.29, 1.82) is 0 Å². The molecule has 1 N–H and O–H groups in total. The highest BCUT2D eigenvalue weighted by atomic mass is 32.2. The average molecular weight is 548 g/mol. The van der Waals surface area contributed by atoms with Gasteiger partial charge in [0.25, 0.3) is 10.0 Å². The molecule has 0 radical (unpaired) electrons. The van der Waals surface area contributed by atoms with Crippen LogP contribution in [0.2, 0.25) is 0 Å². The zero-order valence-electron chi connectivity index (χ0n) is 21.1. The molecule has 0 unspecified atom stereocenters. The summed E-state index contributed by atoms with van der Waals surface area (Å²) in [6.07, 6.45) is -4.73. The summed E-state index contributed by atoms with van der Waals surface area (Å²) in [6, 6.07) is 17.3. The van der Waals surface area contributed by atoms with E-state index in [4.69, 9.17) is 0 Å². The predicted octanol–water partition coefficient (Wildman–Crippen LogP) is 4.37. The number of aryl methyl sites for hydroxylation is 1. The number of rotatable bonds is 9. The Kier molecular flexibility index (Phi) is 8.82. The zero-order valence-corrected chi connectivity index (χ0v) is 21.9. The number of likely N-dealkylation sites (N-methyl/N-ethyl adjacent to an activating group) is 1. The summed E-state index contributed by atoms with van der Waals surface area (Å²) in [7, 11) is -3.06. The number of alkyl halides is 3.